The van der Waals surface area contributed by atoms with E-state index in [-0.39, 0.29) is 5.75 Å². The van der Waals surface area contributed by atoms with E-state index >= 15 is 0 Å². The molecule has 0 atom stereocenters. The van der Waals surface area contributed by atoms with Crippen molar-refractivity contribution in [2.75, 3.05) is 19.0 Å². The van der Waals surface area contributed by atoms with E-state index in [1.807, 2.05) is 19.9 Å². The number of ether oxygens (including phenoxy) is 2. The number of benzene rings is 2. The quantitative estimate of drug-likeness (QED) is 0.589. The Bertz CT molecular complexity index is 873. The third kappa shape index (κ3) is 5.82. The number of aryl methyl sites for hydroxylation is 2. The highest BCUT2D eigenvalue weighted by Crippen LogP contribution is 2.27. The normalized spacial score (nSPS) is 10.7. The Labute approximate surface area is 161 Å². The van der Waals surface area contributed by atoms with Crippen LogP contribution in [0.15, 0.2) is 36.4 Å². The number of carbonyl (C=O) groups excluding carboxylic acids is 2. The topological polar surface area (TPSA) is 64.6 Å². The Morgan fingerprint density at radius 2 is 1.96 bits per heavy atom. The number of carbonyl (C=O) groups is 2. The number of hydrogen-bond donors (Lipinski definition) is 1. The summed E-state index contributed by atoms with van der Waals surface area (Å²) in [7, 11) is 1.36. The molecule has 0 radical (unpaired) electrons. The monoisotopic (exact) mass is 391 g/mol. The molecular weight excluding hydrogens is 373 g/mol. The molecule has 0 bridgehead atoms. The lowest BCUT2D eigenvalue weighted by Crippen LogP contribution is -2.20. The van der Waals surface area contributed by atoms with Gasteiger partial charge in [-0.2, -0.15) is 0 Å². The predicted molar refractivity (Wildman–Crippen MR) is 103 cm³/mol. The van der Waals surface area contributed by atoms with Crippen LogP contribution in [0.2, 0.25) is 5.02 Å². The van der Waals surface area contributed by atoms with Gasteiger partial charge in [-0.3, -0.25) is 4.79 Å². The number of nitrogens with one attached hydrogen (secondary N) is 1. The van der Waals surface area contributed by atoms with Gasteiger partial charge in [0.2, 0.25) is 0 Å². The zero-order valence-electron chi connectivity index (χ0n) is 15.1. The third-order valence-electron chi connectivity index (χ3n) is 3.63. The predicted octanol–water partition coefficient (Wildman–Crippen LogP) is 4.30. The number of anilines is 1. The number of methoxy groups -OCH3 is 1. The molecule has 0 saturated heterocycles. The van der Waals surface area contributed by atoms with Gasteiger partial charge in [-0.15, -0.1) is 0 Å². The molecule has 0 spiro atoms. The summed E-state index contributed by atoms with van der Waals surface area (Å²) in [5.41, 5.74) is 2.72. The first-order valence-corrected chi connectivity index (χ1v) is 8.43. The average molecular weight is 392 g/mol. The highest BCUT2D eigenvalue weighted by molar-refractivity contribution is 6.34. The van der Waals surface area contributed by atoms with Gasteiger partial charge in [-0.25, -0.2) is 9.18 Å². The van der Waals surface area contributed by atoms with Crippen molar-refractivity contribution in [1.29, 1.82) is 0 Å². The summed E-state index contributed by atoms with van der Waals surface area (Å²) < 4.78 is 23.3. The maximum atomic E-state index is 13.6. The van der Waals surface area contributed by atoms with Gasteiger partial charge < -0.3 is 14.8 Å². The van der Waals surface area contributed by atoms with Crippen LogP contribution in [0.5, 0.6) is 5.75 Å². The van der Waals surface area contributed by atoms with Crippen molar-refractivity contribution in [3.8, 4) is 5.75 Å². The Kier molecular flexibility index (Phi) is 6.96. The van der Waals surface area contributed by atoms with Crippen molar-refractivity contribution in [3.63, 3.8) is 0 Å². The molecule has 142 valence electrons. The molecule has 1 N–H and O–H groups in total. The first-order valence-electron chi connectivity index (χ1n) is 8.05. The van der Waals surface area contributed by atoms with Crippen LogP contribution in [-0.2, 0) is 14.3 Å². The van der Waals surface area contributed by atoms with Crippen molar-refractivity contribution in [1.82, 2.24) is 0 Å². The lowest BCUT2D eigenvalue weighted by Gasteiger charge is -2.11. The van der Waals surface area contributed by atoms with Gasteiger partial charge in [0.1, 0.15) is 0 Å². The lowest BCUT2D eigenvalue weighted by molar-refractivity contribution is -0.142. The molecule has 0 aromatic heterocycles. The van der Waals surface area contributed by atoms with E-state index in [1.165, 1.54) is 25.3 Å². The molecule has 0 aliphatic carbocycles. The largest absolute Gasteiger partial charge is 0.494 e. The molecule has 2 aromatic carbocycles. The number of amides is 1. The number of rotatable bonds is 6. The molecule has 5 nitrogen and oxygen atoms in total. The molecule has 27 heavy (non-hydrogen) atoms. The third-order valence-corrected chi connectivity index (χ3v) is 3.93. The van der Waals surface area contributed by atoms with Crippen LogP contribution in [0.3, 0.4) is 0 Å². The van der Waals surface area contributed by atoms with E-state index in [2.05, 4.69) is 5.32 Å². The fourth-order valence-corrected chi connectivity index (χ4v) is 2.75. The second-order valence-electron chi connectivity index (χ2n) is 5.82. The summed E-state index contributed by atoms with van der Waals surface area (Å²) in [6.45, 7) is 3.24. The van der Waals surface area contributed by atoms with Gasteiger partial charge in [-0.05, 0) is 54.8 Å². The van der Waals surface area contributed by atoms with E-state index in [1.54, 1.807) is 12.1 Å². The smallest absolute Gasteiger partial charge is 0.331 e. The highest BCUT2D eigenvalue weighted by Gasteiger charge is 2.11. The number of halogens is 2. The molecular formula is C20H19ClFNO4. The Morgan fingerprint density at radius 1 is 1.22 bits per heavy atom. The van der Waals surface area contributed by atoms with Crippen LogP contribution in [-0.4, -0.2) is 25.6 Å². The standard InChI is InChI=1S/C20H19ClFNO4/c1-12-8-13(2)20(15(21)9-12)23-18(24)11-27-19(25)7-5-14-4-6-17(26-3)16(22)10-14/h4-10H,11H2,1-3H3,(H,23,24)/b7-5+. The molecule has 0 aliphatic rings. The van der Waals surface area contributed by atoms with Crippen LogP contribution < -0.4 is 10.1 Å². The molecule has 0 unspecified atom stereocenters. The second-order valence-corrected chi connectivity index (χ2v) is 6.23. The van der Waals surface area contributed by atoms with Gasteiger partial charge in [-0.1, -0.05) is 23.7 Å². The van der Waals surface area contributed by atoms with Crippen molar-refractivity contribution >= 4 is 35.2 Å². The van der Waals surface area contributed by atoms with Crippen LogP contribution in [0.25, 0.3) is 6.08 Å². The molecule has 0 aliphatic heterocycles. The van der Waals surface area contributed by atoms with Crippen LogP contribution in [0.1, 0.15) is 16.7 Å². The molecule has 2 aromatic rings. The van der Waals surface area contributed by atoms with Crippen LogP contribution in [0.4, 0.5) is 10.1 Å². The van der Waals surface area contributed by atoms with Crippen molar-refractivity contribution in [2.24, 2.45) is 0 Å². The fraction of sp³-hybridized carbons (Fsp3) is 0.200. The molecule has 0 heterocycles. The number of hydrogen-bond acceptors (Lipinski definition) is 4. The summed E-state index contributed by atoms with van der Waals surface area (Å²) in [6.07, 6.45) is 2.49. The molecule has 0 fully saturated rings. The molecule has 0 saturated carbocycles. The molecule has 7 heteroatoms. The zero-order valence-corrected chi connectivity index (χ0v) is 15.9. The van der Waals surface area contributed by atoms with E-state index in [4.69, 9.17) is 21.1 Å². The summed E-state index contributed by atoms with van der Waals surface area (Å²) >= 11 is 6.12. The van der Waals surface area contributed by atoms with E-state index in [0.717, 1.165) is 17.2 Å². The minimum absolute atomic E-state index is 0.108. The molecule has 1 amide bonds. The van der Waals surface area contributed by atoms with Gasteiger partial charge in [0.05, 0.1) is 17.8 Å². The molecule has 2 rings (SSSR count). The Balaban J connectivity index is 1.90. The number of esters is 1. The summed E-state index contributed by atoms with van der Waals surface area (Å²) in [6, 6.07) is 7.86. The Hall–Kier alpha value is -2.86. The first-order chi connectivity index (χ1) is 12.8. The minimum atomic E-state index is -0.729. The van der Waals surface area contributed by atoms with Crippen molar-refractivity contribution in [3.05, 3.63) is 63.9 Å². The van der Waals surface area contributed by atoms with Crippen LogP contribution in [0, 0.1) is 19.7 Å². The lowest BCUT2D eigenvalue weighted by atomic mass is 10.1. The van der Waals surface area contributed by atoms with Crippen molar-refractivity contribution in [2.45, 2.75) is 13.8 Å². The average Bonchev–Trinajstić information content (AvgIpc) is 2.61. The van der Waals surface area contributed by atoms with Crippen molar-refractivity contribution < 1.29 is 23.5 Å². The summed E-state index contributed by atoms with van der Waals surface area (Å²) in [4.78, 5) is 23.7. The van der Waals surface area contributed by atoms with Gasteiger partial charge >= 0.3 is 5.97 Å². The van der Waals surface area contributed by atoms with Crippen LogP contribution >= 0.6 is 11.6 Å². The SMILES string of the molecule is COc1ccc(/C=C/C(=O)OCC(=O)Nc2c(C)cc(C)cc2Cl)cc1F. The van der Waals surface area contributed by atoms with E-state index in [0.29, 0.717) is 16.3 Å². The maximum Gasteiger partial charge on any atom is 0.331 e. The van der Waals surface area contributed by atoms with Gasteiger partial charge in [0.25, 0.3) is 5.91 Å². The second kappa shape index (κ2) is 9.19. The fourth-order valence-electron chi connectivity index (χ4n) is 2.38. The Morgan fingerprint density at radius 3 is 2.59 bits per heavy atom. The summed E-state index contributed by atoms with van der Waals surface area (Å²) in [5, 5.41) is 3.03. The van der Waals surface area contributed by atoms with Gasteiger partial charge in [0, 0.05) is 6.08 Å². The summed E-state index contributed by atoms with van der Waals surface area (Å²) in [5.74, 6) is -1.68. The van der Waals surface area contributed by atoms with E-state index < -0.39 is 24.3 Å². The zero-order chi connectivity index (χ0) is 20.0. The van der Waals surface area contributed by atoms with Gasteiger partial charge in [0.15, 0.2) is 18.2 Å². The highest BCUT2D eigenvalue weighted by atomic mass is 35.5. The first kappa shape index (κ1) is 20.5. The maximum absolute atomic E-state index is 13.6. The minimum Gasteiger partial charge on any atom is -0.494 e. The van der Waals surface area contributed by atoms with E-state index in [9.17, 15) is 14.0 Å².